The smallest absolute Gasteiger partial charge is 0.152 e. The van der Waals surface area contributed by atoms with Crippen molar-refractivity contribution >= 4 is 5.78 Å². The third kappa shape index (κ3) is 5.04. The molecule has 0 amide bonds. The fraction of sp³-hybridized carbons (Fsp3) is 0.909. The molecule has 78 valence electrons. The second kappa shape index (κ2) is 5.38. The number of ketones is 1. The van der Waals surface area contributed by atoms with Gasteiger partial charge < -0.3 is 5.73 Å². The average molecular weight is 185 g/mol. The van der Waals surface area contributed by atoms with Gasteiger partial charge in [0.25, 0.3) is 0 Å². The largest absolute Gasteiger partial charge is 0.319 e. The van der Waals surface area contributed by atoms with E-state index in [1.807, 2.05) is 13.8 Å². The summed E-state index contributed by atoms with van der Waals surface area (Å²) < 4.78 is 0. The molecule has 1 unspecified atom stereocenters. The Hall–Kier alpha value is -0.370. The summed E-state index contributed by atoms with van der Waals surface area (Å²) in [6, 6.07) is 0. The lowest BCUT2D eigenvalue weighted by Gasteiger charge is -2.20. The van der Waals surface area contributed by atoms with Crippen LogP contribution in [0.25, 0.3) is 0 Å². The third-order valence-corrected chi connectivity index (χ3v) is 2.56. The quantitative estimate of drug-likeness (QED) is 0.691. The monoisotopic (exact) mass is 185 g/mol. The summed E-state index contributed by atoms with van der Waals surface area (Å²) in [4.78, 5) is 11.6. The van der Waals surface area contributed by atoms with Crippen LogP contribution in [-0.2, 0) is 4.79 Å². The number of rotatable bonds is 6. The minimum absolute atomic E-state index is 0.204. The van der Waals surface area contributed by atoms with Crippen LogP contribution in [0.4, 0.5) is 0 Å². The molecule has 0 spiro atoms. The SMILES string of the molecule is CCC(C)(N)C(=O)CCCC(C)C. The summed E-state index contributed by atoms with van der Waals surface area (Å²) >= 11 is 0. The first-order valence-electron chi connectivity index (χ1n) is 5.22. The fourth-order valence-corrected chi connectivity index (χ4v) is 1.15. The minimum Gasteiger partial charge on any atom is -0.319 e. The van der Waals surface area contributed by atoms with E-state index in [0.29, 0.717) is 12.3 Å². The van der Waals surface area contributed by atoms with Gasteiger partial charge in [-0.05, 0) is 25.7 Å². The lowest BCUT2D eigenvalue weighted by molar-refractivity contribution is -0.123. The van der Waals surface area contributed by atoms with Gasteiger partial charge >= 0.3 is 0 Å². The molecular formula is C11H23NO. The normalized spacial score (nSPS) is 15.8. The van der Waals surface area contributed by atoms with Crippen molar-refractivity contribution in [2.45, 2.75) is 58.9 Å². The predicted octanol–water partition coefficient (Wildman–Crippen LogP) is 2.51. The van der Waals surface area contributed by atoms with Crippen molar-refractivity contribution in [3.8, 4) is 0 Å². The number of carbonyl (C=O) groups is 1. The van der Waals surface area contributed by atoms with Crippen LogP contribution < -0.4 is 5.73 Å². The van der Waals surface area contributed by atoms with Crippen LogP contribution in [-0.4, -0.2) is 11.3 Å². The van der Waals surface area contributed by atoms with Crippen molar-refractivity contribution in [1.82, 2.24) is 0 Å². The first kappa shape index (κ1) is 12.6. The van der Waals surface area contributed by atoms with Gasteiger partial charge in [-0.15, -0.1) is 0 Å². The molecule has 0 heterocycles. The van der Waals surface area contributed by atoms with E-state index in [2.05, 4.69) is 13.8 Å². The van der Waals surface area contributed by atoms with E-state index in [4.69, 9.17) is 5.73 Å². The molecule has 0 aromatic heterocycles. The zero-order valence-corrected chi connectivity index (χ0v) is 9.39. The van der Waals surface area contributed by atoms with Gasteiger partial charge in [0.15, 0.2) is 5.78 Å². The molecule has 0 radical (unpaired) electrons. The van der Waals surface area contributed by atoms with Crippen LogP contribution in [0.3, 0.4) is 0 Å². The van der Waals surface area contributed by atoms with Gasteiger partial charge in [0.05, 0.1) is 5.54 Å². The number of nitrogens with two attached hydrogens (primary N) is 1. The Bertz CT molecular complexity index is 161. The number of hydrogen-bond donors (Lipinski definition) is 1. The molecule has 1 atom stereocenters. The molecule has 2 heteroatoms. The Labute approximate surface area is 81.9 Å². The molecule has 0 fully saturated rings. The van der Waals surface area contributed by atoms with Crippen LogP contribution in [0.5, 0.6) is 0 Å². The van der Waals surface area contributed by atoms with Crippen LogP contribution >= 0.6 is 0 Å². The van der Waals surface area contributed by atoms with Gasteiger partial charge in [0.2, 0.25) is 0 Å². The maximum absolute atomic E-state index is 11.6. The third-order valence-electron chi connectivity index (χ3n) is 2.56. The molecule has 0 aromatic carbocycles. The Morgan fingerprint density at radius 3 is 2.38 bits per heavy atom. The van der Waals surface area contributed by atoms with Gasteiger partial charge in [0.1, 0.15) is 0 Å². The van der Waals surface area contributed by atoms with E-state index in [1.165, 1.54) is 0 Å². The Morgan fingerprint density at radius 2 is 2.00 bits per heavy atom. The molecule has 0 bridgehead atoms. The summed E-state index contributed by atoms with van der Waals surface area (Å²) in [5, 5.41) is 0. The Kier molecular flexibility index (Phi) is 5.23. The standard InChI is InChI=1S/C11H23NO/c1-5-11(4,12)10(13)8-6-7-9(2)3/h9H,5-8,12H2,1-4H3. The number of hydrogen-bond acceptors (Lipinski definition) is 2. The molecule has 0 aliphatic rings. The van der Waals surface area contributed by atoms with Crippen LogP contribution in [0.15, 0.2) is 0 Å². The van der Waals surface area contributed by atoms with Crippen molar-refractivity contribution in [3.63, 3.8) is 0 Å². The highest BCUT2D eigenvalue weighted by molar-refractivity contribution is 5.87. The zero-order valence-electron chi connectivity index (χ0n) is 9.39. The maximum Gasteiger partial charge on any atom is 0.152 e. The highest BCUT2D eigenvalue weighted by Gasteiger charge is 2.24. The molecule has 0 aliphatic heterocycles. The van der Waals surface area contributed by atoms with Gasteiger partial charge in [0, 0.05) is 6.42 Å². The average Bonchev–Trinajstić information content (AvgIpc) is 2.03. The summed E-state index contributed by atoms with van der Waals surface area (Å²) in [5.41, 5.74) is 5.23. The second-order valence-corrected chi connectivity index (χ2v) is 4.48. The van der Waals surface area contributed by atoms with Gasteiger partial charge in [-0.2, -0.15) is 0 Å². The van der Waals surface area contributed by atoms with E-state index in [1.54, 1.807) is 0 Å². The molecule has 2 nitrogen and oxygen atoms in total. The van der Waals surface area contributed by atoms with Crippen LogP contribution in [0.2, 0.25) is 0 Å². The molecule has 0 saturated carbocycles. The molecule has 2 N–H and O–H groups in total. The number of Topliss-reactive ketones (excluding diaryl/α,β-unsaturated/α-hetero) is 1. The number of carbonyl (C=O) groups excluding carboxylic acids is 1. The van der Waals surface area contributed by atoms with E-state index in [-0.39, 0.29) is 5.78 Å². The summed E-state index contributed by atoms with van der Waals surface area (Å²) in [6.45, 7) is 8.13. The Balaban J connectivity index is 3.75. The van der Waals surface area contributed by atoms with Crippen molar-refractivity contribution in [2.75, 3.05) is 0 Å². The van der Waals surface area contributed by atoms with Crippen LogP contribution in [0.1, 0.15) is 53.4 Å². The first-order valence-corrected chi connectivity index (χ1v) is 5.22. The van der Waals surface area contributed by atoms with E-state index < -0.39 is 5.54 Å². The highest BCUT2D eigenvalue weighted by atomic mass is 16.1. The van der Waals surface area contributed by atoms with Crippen LogP contribution in [0, 0.1) is 5.92 Å². The highest BCUT2D eigenvalue weighted by Crippen LogP contribution is 2.13. The van der Waals surface area contributed by atoms with E-state index >= 15 is 0 Å². The lowest BCUT2D eigenvalue weighted by Crippen LogP contribution is -2.44. The fourth-order valence-electron chi connectivity index (χ4n) is 1.15. The van der Waals surface area contributed by atoms with Gasteiger partial charge in [-0.3, -0.25) is 4.79 Å². The maximum atomic E-state index is 11.6. The Morgan fingerprint density at radius 1 is 1.46 bits per heavy atom. The summed E-state index contributed by atoms with van der Waals surface area (Å²) in [7, 11) is 0. The second-order valence-electron chi connectivity index (χ2n) is 4.48. The molecule has 13 heavy (non-hydrogen) atoms. The molecule has 0 aliphatic carbocycles. The first-order chi connectivity index (χ1) is 5.90. The van der Waals surface area contributed by atoms with E-state index in [9.17, 15) is 4.79 Å². The van der Waals surface area contributed by atoms with Crippen molar-refractivity contribution in [3.05, 3.63) is 0 Å². The van der Waals surface area contributed by atoms with Gasteiger partial charge in [-0.1, -0.05) is 27.2 Å². The zero-order chi connectivity index (χ0) is 10.5. The lowest BCUT2D eigenvalue weighted by atomic mass is 9.90. The van der Waals surface area contributed by atoms with Crippen molar-refractivity contribution < 1.29 is 4.79 Å². The minimum atomic E-state index is -0.600. The van der Waals surface area contributed by atoms with Gasteiger partial charge in [-0.25, -0.2) is 0 Å². The molecular weight excluding hydrogens is 162 g/mol. The molecule has 0 rings (SSSR count). The summed E-state index contributed by atoms with van der Waals surface area (Å²) in [5.74, 6) is 0.883. The van der Waals surface area contributed by atoms with Crippen molar-refractivity contribution in [1.29, 1.82) is 0 Å². The molecule has 0 aromatic rings. The van der Waals surface area contributed by atoms with Crippen molar-refractivity contribution in [2.24, 2.45) is 11.7 Å². The predicted molar refractivity (Wildman–Crippen MR) is 56.6 cm³/mol. The topological polar surface area (TPSA) is 43.1 Å². The summed E-state index contributed by atoms with van der Waals surface area (Å²) in [6.07, 6.45) is 3.46. The van der Waals surface area contributed by atoms with E-state index in [0.717, 1.165) is 19.3 Å². The molecule has 0 saturated heterocycles.